The largest absolute Gasteiger partial charge is 0.354 e. The summed E-state index contributed by atoms with van der Waals surface area (Å²) in [6.07, 6.45) is 5.65. The number of rotatable bonds is 6. The molecule has 2 fully saturated rings. The third kappa shape index (κ3) is 4.70. The van der Waals surface area contributed by atoms with Gasteiger partial charge in [0.2, 0.25) is 0 Å². The number of aromatic nitrogens is 2. The molecule has 2 aromatic heterocycles. The Hall–Kier alpha value is -3.78. The molecular weight excluding hydrogens is 416 g/mol. The fraction of sp³-hybridized carbons (Fsp3) is 0.280. The van der Waals surface area contributed by atoms with E-state index in [1.165, 1.54) is 4.90 Å². The lowest BCUT2D eigenvalue weighted by Gasteiger charge is -2.35. The van der Waals surface area contributed by atoms with Crippen molar-refractivity contribution in [1.29, 1.82) is 0 Å². The summed E-state index contributed by atoms with van der Waals surface area (Å²) >= 11 is 0. The van der Waals surface area contributed by atoms with Gasteiger partial charge in [0, 0.05) is 57.7 Å². The van der Waals surface area contributed by atoms with Crippen LogP contribution in [-0.4, -0.2) is 59.0 Å². The monoisotopic (exact) mass is 442 g/mol. The van der Waals surface area contributed by atoms with Crippen molar-refractivity contribution in [2.24, 2.45) is 0 Å². The van der Waals surface area contributed by atoms with E-state index < -0.39 is 6.04 Å². The Kier molecular flexibility index (Phi) is 5.99. The highest BCUT2D eigenvalue weighted by Gasteiger charge is 2.39. The highest BCUT2D eigenvalue weighted by molar-refractivity contribution is 6.21. The Balaban J connectivity index is 1.22. The van der Waals surface area contributed by atoms with Crippen molar-refractivity contribution in [2.45, 2.75) is 19.0 Å². The van der Waals surface area contributed by atoms with Gasteiger partial charge in [0.05, 0.1) is 5.69 Å². The van der Waals surface area contributed by atoms with Gasteiger partial charge in [-0.15, -0.1) is 0 Å². The number of urea groups is 1. The number of amides is 3. The zero-order chi connectivity index (χ0) is 22.6. The summed E-state index contributed by atoms with van der Waals surface area (Å²) in [5.41, 5.74) is 2.65. The molecule has 2 aliphatic heterocycles. The van der Waals surface area contributed by atoms with Crippen LogP contribution in [0.2, 0.25) is 0 Å². The van der Waals surface area contributed by atoms with E-state index in [-0.39, 0.29) is 11.9 Å². The first-order chi connectivity index (χ1) is 16.2. The van der Waals surface area contributed by atoms with E-state index in [9.17, 15) is 9.59 Å². The van der Waals surface area contributed by atoms with Crippen molar-refractivity contribution >= 4 is 23.4 Å². The minimum absolute atomic E-state index is 0.224. The number of benzene rings is 1. The number of carbonyl (C=O) groups is 2. The number of pyridine rings is 2. The van der Waals surface area contributed by atoms with Crippen LogP contribution in [0.5, 0.6) is 0 Å². The second kappa shape index (κ2) is 9.38. The van der Waals surface area contributed by atoms with E-state index in [4.69, 9.17) is 0 Å². The van der Waals surface area contributed by atoms with E-state index in [2.05, 4.69) is 25.1 Å². The quantitative estimate of drug-likeness (QED) is 0.591. The van der Waals surface area contributed by atoms with Crippen LogP contribution in [0.1, 0.15) is 11.1 Å². The number of hydrogen-bond donors (Lipinski definition) is 1. The summed E-state index contributed by atoms with van der Waals surface area (Å²) in [6.45, 7) is 4.46. The molecule has 168 valence electrons. The first kappa shape index (κ1) is 21.1. The maximum atomic E-state index is 13.0. The van der Waals surface area contributed by atoms with Crippen LogP contribution >= 0.6 is 0 Å². The molecule has 1 atom stereocenters. The van der Waals surface area contributed by atoms with E-state index in [0.29, 0.717) is 12.1 Å². The SMILES string of the molecule is O=C1NC(Cc2ccncc2)C(=O)N1c1cccc(CN2CCN(c3ccccn3)CC2)c1. The Morgan fingerprint density at radius 1 is 0.879 bits per heavy atom. The summed E-state index contributed by atoms with van der Waals surface area (Å²) in [6, 6.07) is 16.5. The predicted molar refractivity (Wildman–Crippen MR) is 126 cm³/mol. The van der Waals surface area contributed by atoms with E-state index in [1.807, 2.05) is 60.8 Å². The first-order valence-corrected chi connectivity index (χ1v) is 11.2. The lowest BCUT2D eigenvalue weighted by Crippen LogP contribution is -2.46. The normalized spacial score (nSPS) is 19.1. The average Bonchev–Trinajstić information content (AvgIpc) is 3.13. The van der Waals surface area contributed by atoms with E-state index in [0.717, 1.165) is 49.7 Å². The molecule has 0 bridgehead atoms. The molecule has 3 amide bonds. The molecule has 4 heterocycles. The number of anilines is 2. The highest BCUT2D eigenvalue weighted by Crippen LogP contribution is 2.23. The second-order valence-electron chi connectivity index (χ2n) is 8.36. The van der Waals surface area contributed by atoms with Crippen molar-refractivity contribution in [2.75, 3.05) is 36.0 Å². The zero-order valence-electron chi connectivity index (χ0n) is 18.3. The average molecular weight is 443 g/mol. The molecule has 0 aliphatic carbocycles. The van der Waals surface area contributed by atoms with Crippen molar-refractivity contribution in [3.05, 3.63) is 84.3 Å². The minimum Gasteiger partial charge on any atom is -0.354 e. The molecule has 0 spiro atoms. The van der Waals surface area contributed by atoms with Gasteiger partial charge in [-0.3, -0.25) is 14.7 Å². The fourth-order valence-corrected chi connectivity index (χ4v) is 4.40. The second-order valence-corrected chi connectivity index (χ2v) is 8.36. The van der Waals surface area contributed by atoms with Gasteiger partial charge < -0.3 is 10.2 Å². The Morgan fingerprint density at radius 2 is 1.70 bits per heavy atom. The Labute approximate surface area is 192 Å². The lowest BCUT2D eigenvalue weighted by atomic mass is 10.1. The summed E-state index contributed by atoms with van der Waals surface area (Å²) < 4.78 is 0. The van der Waals surface area contributed by atoms with Gasteiger partial charge in [0.15, 0.2) is 0 Å². The summed E-state index contributed by atoms with van der Waals surface area (Å²) in [5, 5.41) is 2.82. The van der Waals surface area contributed by atoms with Crippen LogP contribution in [0.3, 0.4) is 0 Å². The van der Waals surface area contributed by atoms with Crippen LogP contribution in [0.25, 0.3) is 0 Å². The van der Waals surface area contributed by atoms with E-state index >= 15 is 0 Å². The molecule has 3 aromatic rings. The van der Waals surface area contributed by atoms with Crippen molar-refractivity contribution in [3.63, 3.8) is 0 Å². The Morgan fingerprint density at radius 3 is 2.45 bits per heavy atom. The summed E-state index contributed by atoms with van der Waals surface area (Å²) in [4.78, 5) is 40.0. The molecule has 1 N–H and O–H groups in total. The smallest absolute Gasteiger partial charge is 0.329 e. The number of nitrogens with zero attached hydrogens (tertiary/aromatic N) is 5. The minimum atomic E-state index is -0.566. The number of nitrogens with one attached hydrogen (secondary N) is 1. The molecule has 8 nitrogen and oxygen atoms in total. The van der Waals surface area contributed by atoms with Gasteiger partial charge in [-0.05, 0) is 47.5 Å². The molecule has 2 aliphatic rings. The first-order valence-electron chi connectivity index (χ1n) is 11.2. The molecular formula is C25H26N6O2. The third-order valence-electron chi connectivity index (χ3n) is 6.13. The van der Waals surface area contributed by atoms with Crippen molar-refractivity contribution in [3.8, 4) is 0 Å². The fourth-order valence-electron chi connectivity index (χ4n) is 4.40. The van der Waals surface area contributed by atoms with Crippen LogP contribution < -0.4 is 15.1 Å². The molecule has 33 heavy (non-hydrogen) atoms. The number of carbonyl (C=O) groups excluding carboxylic acids is 2. The molecule has 8 heteroatoms. The number of hydrogen-bond acceptors (Lipinski definition) is 6. The Bertz CT molecular complexity index is 1120. The molecule has 2 saturated heterocycles. The topological polar surface area (TPSA) is 81.7 Å². The van der Waals surface area contributed by atoms with Crippen LogP contribution in [0.15, 0.2) is 73.2 Å². The van der Waals surface area contributed by atoms with Gasteiger partial charge in [0.25, 0.3) is 5.91 Å². The van der Waals surface area contributed by atoms with Gasteiger partial charge in [0.1, 0.15) is 11.9 Å². The summed E-state index contributed by atoms with van der Waals surface area (Å²) in [7, 11) is 0. The molecule has 5 rings (SSSR count). The van der Waals surface area contributed by atoms with Gasteiger partial charge >= 0.3 is 6.03 Å². The number of imide groups is 1. The predicted octanol–water partition coefficient (Wildman–Crippen LogP) is 2.47. The molecule has 1 aromatic carbocycles. The molecule has 0 saturated carbocycles. The maximum absolute atomic E-state index is 13.0. The van der Waals surface area contributed by atoms with Crippen LogP contribution in [0.4, 0.5) is 16.3 Å². The molecule has 0 radical (unpaired) electrons. The van der Waals surface area contributed by atoms with Gasteiger partial charge in [-0.25, -0.2) is 14.7 Å². The van der Waals surface area contributed by atoms with Crippen LogP contribution in [-0.2, 0) is 17.8 Å². The highest BCUT2D eigenvalue weighted by atomic mass is 16.2. The maximum Gasteiger partial charge on any atom is 0.329 e. The van der Waals surface area contributed by atoms with Gasteiger partial charge in [-0.1, -0.05) is 18.2 Å². The number of piperazine rings is 1. The van der Waals surface area contributed by atoms with Crippen LogP contribution in [0, 0.1) is 0 Å². The summed E-state index contributed by atoms with van der Waals surface area (Å²) in [5.74, 6) is 0.789. The lowest BCUT2D eigenvalue weighted by molar-refractivity contribution is -0.118. The van der Waals surface area contributed by atoms with Gasteiger partial charge in [-0.2, -0.15) is 0 Å². The third-order valence-corrected chi connectivity index (χ3v) is 6.13. The molecule has 1 unspecified atom stereocenters. The van der Waals surface area contributed by atoms with Crippen molar-refractivity contribution in [1.82, 2.24) is 20.2 Å². The zero-order valence-corrected chi connectivity index (χ0v) is 18.3. The van der Waals surface area contributed by atoms with Crippen molar-refractivity contribution < 1.29 is 9.59 Å². The standard InChI is InChI=1S/C25H26N6O2/c32-24-22(17-19-7-10-26-11-8-19)28-25(33)31(24)21-5-3-4-20(16-21)18-29-12-14-30(15-13-29)23-6-1-2-9-27-23/h1-11,16,22H,12-15,17-18H2,(H,28,33). The van der Waals surface area contributed by atoms with E-state index in [1.54, 1.807) is 12.4 Å².